The van der Waals surface area contributed by atoms with Crippen molar-refractivity contribution in [2.24, 2.45) is 0 Å². The van der Waals surface area contributed by atoms with Gasteiger partial charge in [-0.25, -0.2) is 4.79 Å². The molecule has 0 amide bonds. The lowest BCUT2D eigenvalue weighted by Crippen LogP contribution is -2.36. The molecule has 0 aromatic carbocycles. The third-order valence-electron chi connectivity index (χ3n) is 2.74. The molecule has 19 heavy (non-hydrogen) atoms. The highest BCUT2D eigenvalue weighted by atomic mass is 35.5. The predicted molar refractivity (Wildman–Crippen MR) is 64.2 cm³/mol. The van der Waals surface area contributed by atoms with Crippen LogP contribution in [0.4, 0.5) is 5.82 Å². The second-order valence-corrected chi connectivity index (χ2v) is 3.84. The van der Waals surface area contributed by atoms with Gasteiger partial charge in [0.05, 0.1) is 6.61 Å². The van der Waals surface area contributed by atoms with E-state index in [4.69, 9.17) is 15.1 Å². The predicted octanol–water partition coefficient (Wildman–Crippen LogP) is -1.92. The Morgan fingerprint density at radius 2 is 2.11 bits per heavy atom. The molecule has 5 N–H and O–H groups in total. The van der Waals surface area contributed by atoms with Crippen LogP contribution in [-0.4, -0.2) is 55.0 Å². The van der Waals surface area contributed by atoms with Crippen molar-refractivity contribution in [3.05, 3.63) is 22.7 Å². The van der Waals surface area contributed by atoms with Gasteiger partial charge in [0.1, 0.15) is 18.3 Å². The van der Waals surface area contributed by atoms with E-state index in [1.54, 1.807) is 5.48 Å². The number of halogens is 1. The number of rotatable bonds is 3. The van der Waals surface area contributed by atoms with Gasteiger partial charge in [-0.15, -0.1) is 12.4 Å². The Hall–Kier alpha value is -1.23. The minimum absolute atomic E-state index is 0. The van der Waals surface area contributed by atoms with E-state index in [0.717, 1.165) is 4.57 Å². The molecular weight excluding hydrogens is 282 g/mol. The number of aliphatic hydroxyl groups is 3. The van der Waals surface area contributed by atoms with Gasteiger partial charge in [-0.2, -0.15) is 4.98 Å². The topological polar surface area (TPSA) is 137 Å². The molecular formula is C9H14ClN3O6. The van der Waals surface area contributed by atoms with Crippen molar-refractivity contribution in [2.75, 3.05) is 12.1 Å². The Morgan fingerprint density at radius 1 is 1.42 bits per heavy atom. The van der Waals surface area contributed by atoms with Crippen LogP contribution in [0.5, 0.6) is 0 Å². The Labute approximate surface area is 113 Å². The van der Waals surface area contributed by atoms with Crippen molar-refractivity contribution >= 4 is 18.2 Å². The molecule has 108 valence electrons. The maximum atomic E-state index is 11.6. The van der Waals surface area contributed by atoms with Gasteiger partial charge in [-0.05, 0) is 6.07 Å². The number of hydrogen-bond donors (Lipinski definition) is 5. The van der Waals surface area contributed by atoms with Gasteiger partial charge in [-0.1, -0.05) is 0 Å². The van der Waals surface area contributed by atoms with E-state index in [9.17, 15) is 15.0 Å². The second kappa shape index (κ2) is 6.28. The van der Waals surface area contributed by atoms with Gasteiger partial charge >= 0.3 is 5.69 Å². The number of aliphatic hydroxyl groups excluding tert-OH is 3. The monoisotopic (exact) mass is 295 g/mol. The highest BCUT2D eigenvalue weighted by molar-refractivity contribution is 5.85. The van der Waals surface area contributed by atoms with Crippen LogP contribution >= 0.6 is 12.4 Å². The molecule has 2 rings (SSSR count). The minimum atomic E-state index is -1.35. The first-order valence-electron chi connectivity index (χ1n) is 5.20. The summed E-state index contributed by atoms with van der Waals surface area (Å²) in [6, 6.07) is 1.29. The molecule has 0 unspecified atom stereocenters. The standard InChI is InChI=1S/C9H13N3O6.ClH/c13-3-4-6(14)7(15)8(18-4)12-2-1-5(11-17)10-9(12)16;/h1-2,4,6-8,13-15,17H,3H2,(H,10,11,16);1H/t4-,6-,7-,8-;/m1./s1. The molecule has 0 spiro atoms. The summed E-state index contributed by atoms with van der Waals surface area (Å²) in [7, 11) is 0. The van der Waals surface area contributed by atoms with Crippen LogP contribution in [-0.2, 0) is 4.74 Å². The van der Waals surface area contributed by atoms with E-state index >= 15 is 0 Å². The van der Waals surface area contributed by atoms with Crippen molar-refractivity contribution in [3.63, 3.8) is 0 Å². The number of nitrogens with zero attached hydrogens (tertiary/aromatic N) is 2. The summed E-state index contributed by atoms with van der Waals surface area (Å²) in [5.41, 5.74) is 0.934. The summed E-state index contributed by atoms with van der Waals surface area (Å²) >= 11 is 0. The van der Waals surface area contributed by atoms with Gasteiger partial charge in [0.25, 0.3) is 0 Å². The first-order valence-corrected chi connectivity index (χ1v) is 5.20. The summed E-state index contributed by atoms with van der Waals surface area (Å²) in [5, 5.41) is 36.8. The van der Waals surface area contributed by atoms with Crippen LogP contribution < -0.4 is 11.2 Å². The molecule has 1 saturated heterocycles. The summed E-state index contributed by atoms with van der Waals surface area (Å²) in [4.78, 5) is 15.1. The van der Waals surface area contributed by atoms with E-state index in [2.05, 4.69) is 4.98 Å². The summed E-state index contributed by atoms with van der Waals surface area (Å²) < 4.78 is 6.13. The van der Waals surface area contributed by atoms with E-state index in [-0.39, 0.29) is 18.2 Å². The fraction of sp³-hybridized carbons (Fsp3) is 0.556. The van der Waals surface area contributed by atoms with Crippen molar-refractivity contribution in [1.82, 2.24) is 9.55 Å². The number of aromatic nitrogens is 2. The van der Waals surface area contributed by atoms with Gasteiger partial charge in [0, 0.05) is 6.20 Å². The molecule has 1 aromatic rings. The molecule has 9 nitrogen and oxygen atoms in total. The zero-order valence-electron chi connectivity index (χ0n) is 9.58. The quantitative estimate of drug-likeness (QED) is 0.407. The molecule has 0 saturated carbocycles. The number of ether oxygens (including phenoxy) is 1. The first kappa shape index (κ1) is 15.8. The Bertz CT molecular complexity index is 483. The van der Waals surface area contributed by atoms with Gasteiger partial charge < -0.3 is 20.1 Å². The zero-order chi connectivity index (χ0) is 13.3. The largest absolute Gasteiger partial charge is 0.394 e. The molecule has 1 aliphatic rings. The maximum absolute atomic E-state index is 11.6. The molecule has 1 aliphatic heterocycles. The highest BCUT2D eigenvalue weighted by Gasteiger charge is 2.43. The van der Waals surface area contributed by atoms with Crippen LogP contribution in [0.25, 0.3) is 0 Å². The third-order valence-corrected chi connectivity index (χ3v) is 2.74. The van der Waals surface area contributed by atoms with E-state index in [1.807, 2.05) is 0 Å². The van der Waals surface area contributed by atoms with E-state index < -0.39 is 36.8 Å². The number of nitrogens with one attached hydrogen (secondary N) is 1. The lowest BCUT2D eigenvalue weighted by Gasteiger charge is -2.16. The molecule has 2 heterocycles. The van der Waals surface area contributed by atoms with Crippen LogP contribution in [0.2, 0.25) is 0 Å². The van der Waals surface area contributed by atoms with Crippen molar-refractivity contribution in [3.8, 4) is 0 Å². The number of hydrogen-bond acceptors (Lipinski definition) is 8. The Balaban J connectivity index is 0.00000180. The molecule has 10 heteroatoms. The lowest BCUT2D eigenvalue weighted by molar-refractivity contribution is -0.0549. The van der Waals surface area contributed by atoms with Crippen molar-refractivity contribution in [2.45, 2.75) is 24.5 Å². The fourth-order valence-electron chi connectivity index (χ4n) is 1.78. The molecule has 0 bridgehead atoms. The van der Waals surface area contributed by atoms with Gasteiger partial charge in [-0.3, -0.25) is 15.3 Å². The molecule has 1 aromatic heterocycles. The molecule has 0 radical (unpaired) electrons. The molecule has 0 aliphatic carbocycles. The summed E-state index contributed by atoms with van der Waals surface area (Å²) in [6.45, 7) is -0.479. The maximum Gasteiger partial charge on any atom is 0.351 e. The average Bonchev–Trinajstić information content (AvgIpc) is 2.66. The Morgan fingerprint density at radius 3 is 2.58 bits per heavy atom. The average molecular weight is 296 g/mol. The number of anilines is 1. The molecule has 1 fully saturated rings. The van der Waals surface area contributed by atoms with E-state index in [1.165, 1.54) is 12.3 Å². The Kier molecular flexibility index (Phi) is 5.23. The van der Waals surface area contributed by atoms with Gasteiger partial charge in [0.15, 0.2) is 12.0 Å². The normalized spacial score (nSPS) is 29.9. The van der Waals surface area contributed by atoms with Crippen LogP contribution in [0.15, 0.2) is 17.1 Å². The zero-order valence-corrected chi connectivity index (χ0v) is 10.4. The van der Waals surface area contributed by atoms with Gasteiger partial charge in [0.2, 0.25) is 0 Å². The van der Waals surface area contributed by atoms with Crippen LogP contribution in [0.1, 0.15) is 6.23 Å². The highest BCUT2D eigenvalue weighted by Crippen LogP contribution is 2.27. The van der Waals surface area contributed by atoms with E-state index in [0.29, 0.717) is 0 Å². The van der Waals surface area contributed by atoms with Crippen molar-refractivity contribution < 1.29 is 25.3 Å². The molecule has 4 atom stereocenters. The SMILES string of the molecule is Cl.O=c1nc(NO)ccn1[C@@H]1O[C@H](CO)[C@@H](O)[C@H]1O. The third kappa shape index (κ3) is 2.86. The fourth-order valence-corrected chi connectivity index (χ4v) is 1.78. The van der Waals surface area contributed by atoms with Crippen molar-refractivity contribution in [1.29, 1.82) is 0 Å². The van der Waals surface area contributed by atoms with Crippen LogP contribution in [0.3, 0.4) is 0 Å². The lowest BCUT2D eigenvalue weighted by atomic mass is 10.1. The van der Waals surface area contributed by atoms with Crippen LogP contribution in [0, 0.1) is 0 Å². The second-order valence-electron chi connectivity index (χ2n) is 3.84. The summed E-state index contributed by atoms with van der Waals surface area (Å²) in [5.74, 6) is -0.0528. The first-order chi connectivity index (χ1) is 8.58. The smallest absolute Gasteiger partial charge is 0.351 e. The minimum Gasteiger partial charge on any atom is -0.394 e. The summed E-state index contributed by atoms with van der Waals surface area (Å²) in [6.07, 6.45) is -3.50.